The molecule has 1 saturated heterocycles. The number of carboxylic acids is 1. The Hall–Kier alpha value is -2.07. The average molecular weight is 257 g/mol. The summed E-state index contributed by atoms with van der Waals surface area (Å²) in [5.41, 5.74) is 1.18. The number of anilines is 1. The van der Waals surface area contributed by atoms with E-state index in [-0.39, 0.29) is 0 Å². The average Bonchev–Trinajstić information content (AvgIpc) is 2.46. The van der Waals surface area contributed by atoms with Crippen molar-refractivity contribution in [1.29, 1.82) is 0 Å². The number of carboxylic acid groups (broad SMARTS) is 1. The van der Waals surface area contributed by atoms with E-state index in [1.165, 1.54) is 0 Å². The van der Waals surface area contributed by atoms with Crippen LogP contribution in [0.4, 0.5) is 5.69 Å². The number of carbonyl (C=O) groups is 1. The summed E-state index contributed by atoms with van der Waals surface area (Å²) in [6.45, 7) is 2.74. The third-order valence-corrected chi connectivity index (χ3v) is 3.46. The molecular weight excluding hydrogens is 242 g/mol. The van der Waals surface area contributed by atoms with Gasteiger partial charge < -0.3 is 14.7 Å². The predicted octanol–water partition coefficient (Wildman–Crippen LogP) is 2.37. The van der Waals surface area contributed by atoms with Gasteiger partial charge in [0.15, 0.2) is 0 Å². The first-order chi connectivity index (χ1) is 9.27. The van der Waals surface area contributed by atoms with Crippen molar-refractivity contribution in [2.75, 3.05) is 31.2 Å². The van der Waals surface area contributed by atoms with Crippen molar-refractivity contribution in [2.24, 2.45) is 0 Å². The molecule has 0 unspecified atom stereocenters. The highest BCUT2D eigenvalue weighted by atomic mass is 16.5. The number of fused-ring (bicyclic) bond motifs is 1. The second kappa shape index (κ2) is 4.90. The minimum absolute atomic E-state index is 0.362. The zero-order valence-electron chi connectivity index (χ0n) is 10.5. The van der Waals surface area contributed by atoms with Gasteiger partial charge >= 0.3 is 5.97 Å². The van der Waals surface area contributed by atoms with Crippen LogP contribution in [0.25, 0.3) is 10.8 Å². The normalized spacial score (nSPS) is 15.7. The Morgan fingerprint density at radius 3 is 2.58 bits per heavy atom. The minimum atomic E-state index is -0.882. The van der Waals surface area contributed by atoms with Crippen molar-refractivity contribution in [1.82, 2.24) is 0 Å². The summed E-state index contributed by atoms with van der Waals surface area (Å²) < 4.78 is 5.34. The molecule has 0 amide bonds. The van der Waals surface area contributed by atoms with Gasteiger partial charge in [0, 0.05) is 18.5 Å². The molecule has 2 aromatic rings. The van der Waals surface area contributed by atoms with E-state index in [1.807, 2.05) is 30.3 Å². The third kappa shape index (κ3) is 2.15. The van der Waals surface area contributed by atoms with Gasteiger partial charge in [0.1, 0.15) is 0 Å². The molecule has 19 heavy (non-hydrogen) atoms. The Kier molecular flexibility index (Phi) is 3.09. The highest BCUT2D eigenvalue weighted by Gasteiger charge is 2.20. The van der Waals surface area contributed by atoms with Gasteiger partial charge in [-0.2, -0.15) is 0 Å². The molecule has 0 spiro atoms. The van der Waals surface area contributed by atoms with Gasteiger partial charge in [-0.3, -0.25) is 0 Å². The van der Waals surface area contributed by atoms with E-state index in [2.05, 4.69) is 4.90 Å². The predicted molar refractivity (Wildman–Crippen MR) is 73.9 cm³/mol. The number of benzene rings is 2. The lowest BCUT2D eigenvalue weighted by atomic mass is 10.0. The Morgan fingerprint density at radius 1 is 1.11 bits per heavy atom. The smallest absolute Gasteiger partial charge is 0.337 e. The topological polar surface area (TPSA) is 49.8 Å². The van der Waals surface area contributed by atoms with Crippen LogP contribution in [0.2, 0.25) is 0 Å². The molecule has 0 bridgehead atoms. The summed E-state index contributed by atoms with van der Waals surface area (Å²) in [6.07, 6.45) is 0. The van der Waals surface area contributed by atoms with Gasteiger partial charge in [-0.05, 0) is 11.5 Å². The third-order valence-electron chi connectivity index (χ3n) is 3.46. The molecule has 4 heteroatoms. The Morgan fingerprint density at radius 2 is 1.84 bits per heavy atom. The van der Waals surface area contributed by atoms with Crippen molar-refractivity contribution in [3.05, 3.63) is 42.0 Å². The van der Waals surface area contributed by atoms with Crippen LogP contribution >= 0.6 is 0 Å². The van der Waals surface area contributed by atoms with Crippen molar-refractivity contribution in [3.8, 4) is 0 Å². The van der Waals surface area contributed by atoms with Gasteiger partial charge in [0.2, 0.25) is 0 Å². The van der Waals surface area contributed by atoms with Crippen LogP contribution in [-0.4, -0.2) is 37.4 Å². The van der Waals surface area contributed by atoms with Crippen LogP contribution in [0, 0.1) is 0 Å². The first-order valence-corrected chi connectivity index (χ1v) is 6.35. The number of hydrogen-bond acceptors (Lipinski definition) is 3. The molecule has 1 heterocycles. The van der Waals surface area contributed by atoms with Gasteiger partial charge in [-0.25, -0.2) is 4.79 Å². The minimum Gasteiger partial charge on any atom is -0.478 e. The van der Waals surface area contributed by atoms with Crippen molar-refractivity contribution >= 4 is 22.4 Å². The molecule has 0 saturated carbocycles. The monoisotopic (exact) mass is 257 g/mol. The summed E-state index contributed by atoms with van der Waals surface area (Å²) in [7, 11) is 0. The lowest BCUT2D eigenvalue weighted by Gasteiger charge is -2.31. The van der Waals surface area contributed by atoms with E-state index >= 15 is 0 Å². The van der Waals surface area contributed by atoms with Crippen molar-refractivity contribution < 1.29 is 14.6 Å². The maximum atomic E-state index is 11.5. The summed E-state index contributed by atoms with van der Waals surface area (Å²) in [5.74, 6) is -0.882. The van der Waals surface area contributed by atoms with E-state index in [1.54, 1.807) is 6.07 Å². The molecule has 0 radical (unpaired) electrons. The van der Waals surface area contributed by atoms with Gasteiger partial charge in [0.05, 0.1) is 24.5 Å². The molecule has 4 nitrogen and oxygen atoms in total. The SMILES string of the molecule is O=C(O)c1ccc2ccccc2c1N1CCOCC1. The number of nitrogens with zero attached hydrogens (tertiary/aromatic N) is 1. The fourth-order valence-electron chi connectivity index (χ4n) is 2.56. The zero-order valence-corrected chi connectivity index (χ0v) is 10.5. The molecule has 3 rings (SSSR count). The van der Waals surface area contributed by atoms with Gasteiger partial charge in [-0.1, -0.05) is 30.3 Å². The Balaban J connectivity index is 2.21. The van der Waals surface area contributed by atoms with Crippen LogP contribution in [-0.2, 0) is 4.74 Å². The molecule has 1 aliphatic heterocycles. The summed E-state index contributed by atoms with van der Waals surface area (Å²) in [5, 5.41) is 11.5. The van der Waals surface area contributed by atoms with Crippen LogP contribution in [0.5, 0.6) is 0 Å². The van der Waals surface area contributed by atoms with E-state index in [0.29, 0.717) is 18.8 Å². The van der Waals surface area contributed by atoms with E-state index < -0.39 is 5.97 Å². The van der Waals surface area contributed by atoms with Crippen LogP contribution in [0.1, 0.15) is 10.4 Å². The second-order valence-electron chi connectivity index (χ2n) is 4.59. The summed E-state index contributed by atoms with van der Waals surface area (Å²) in [4.78, 5) is 13.6. The van der Waals surface area contributed by atoms with Gasteiger partial charge in [0.25, 0.3) is 0 Å². The largest absolute Gasteiger partial charge is 0.478 e. The molecular formula is C15H15NO3. The molecule has 0 aromatic heterocycles. The summed E-state index contributed by atoms with van der Waals surface area (Å²) in [6, 6.07) is 11.4. The standard InChI is InChI=1S/C15H15NO3/c17-15(18)13-6-5-11-3-1-2-4-12(11)14(13)16-7-9-19-10-8-16/h1-6H,7-10H2,(H,17,18). The highest BCUT2D eigenvalue weighted by molar-refractivity contribution is 6.06. The molecule has 0 aliphatic carbocycles. The second-order valence-corrected chi connectivity index (χ2v) is 4.59. The van der Waals surface area contributed by atoms with Crippen LogP contribution < -0.4 is 4.90 Å². The number of hydrogen-bond donors (Lipinski definition) is 1. The van der Waals surface area contributed by atoms with Crippen LogP contribution in [0.3, 0.4) is 0 Å². The zero-order chi connectivity index (χ0) is 13.2. The fraction of sp³-hybridized carbons (Fsp3) is 0.267. The fourth-order valence-corrected chi connectivity index (χ4v) is 2.56. The number of rotatable bonds is 2. The van der Waals surface area contributed by atoms with Gasteiger partial charge in [-0.15, -0.1) is 0 Å². The quantitative estimate of drug-likeness (QED) is 0.897. The van der Waals surface area contributed by atoms with E-state index in [4.69, 9.17) is 4.74 Å². The van der Waals surface area contributed by atoms with Crippen LogP contribution in [0.15, 0.2) is 36.4 Å². The number of morpholine rings is 1. The lowest BCUT2D eigenvalue weighted by molar-refractivity contribution is 0.0696. The molecule has 1 fully saturated rings. The lowest BCUT2D eigenvalue weighted by Crippen LogP contribution is -2.37. The van der Waals surface area contributed by atoms with Crippen molar-refractivity contribution in [3.63, 3.8) is 0 Å². The number of ether oxygens (including phenoxy) is 1. The van der Waals surface area contributed by atoms with E-state index in [0.717, 1.165) is 29.5 Å². The molecule has 1 aliphatic rings. The van der Waals surface area contributed by atoms with E-state index in [9.17, 15) is 9.90 Å². The first-order valence-electron chi connectivity index (χ1n) is 6.35. The first kappa shape index (κ1) is 12.0. The highest BCUT2D eigenvalue weighted by Crippen LogP contribution is 2.31. The summed E-state index contributed by atoms with van der Waals surface area (Å²) >= 11 is 0. The Labute approximate surface area is 111 Å². The maximum Gasteiger partial charge on any atom is 0.337 e. The molecule has 98 valence electrons. The Bertz CT molecular complexity index is 618. The maximum absolute atomic E-state index is 11.5. The molecule has 0 atom stereocenters. The molecule has 2 aromatic carbocycles. The molecule has 1 N–H and O–H groups in total. The van der Waals surface area contributed by atoms with Crippen molar-refractivity contribution in [2.45, 2.75) is 0 Å². The number of aromatic carboxylic acids is 1.